The second-order valence-electron chi connectivity index (χ2n) is 16.5. The van der Waals surface area contributed by atoms with Crippen molar-refractivity contribution in [3.8, 4) is 23.0 Å². The number of benzene rings is 8. The highest BCUT2D eigenvalue weighted by atomic mass is 32.2. The predicted octanol–water partition coefficient (Wildman–Crippen LogP) is 9.75. The molecule has 64 heavy (non-hydrogen) atoms. The van der Waals surface area contributed by atoms with Crippen LogP contribution in [-0.2, 0) is 45.9 Å². The Labute approximate surface area is 373 Å². The minimum Gasteiger partial charge on any atom is -0.507 e. The Morgan fingerprint density at radius 2 is 0.641 bits per heavy atom. The van der Waals surface area contributed by atoms with Crippen molar-refractivity contribution in [1.29, 1.82) is 0 Å². The number of hydrogen-bond acceptors (Lipinski definition) is 10. The van der Waals surface area contributed by atoms with Crippen LogP contribution in [0.4, 0.5) is 11.4 Å². The van der Waals surface area contributed by atoms with E-state index in [9.17, 15) is 27.0 Å². The van der Waals surface area contributed by atoms with Gasteiger partial charge < -0.3 is 28.4 Å². The third-order valence-electron chi connectivity index (χ3n) is 11.9. The summed E-state index contributed by atoms with van der Waals surface area (Å²) in [5.41, 5.74) is 5.66. The Kier molecular flexibility index (Phi) is 11.0. The Hall–Kier alpha value is -7.02. The first kappa shape index (κ1) is 42.3. The number of rotatable bonds is 8. The normalized spacial score (nSPS) is 12.8. The van der Waals surface area contributed by atoms with E-state index in [1.54, 1.807) is 84.9 Å². The summed E-state index contributed by atoms with van der Waals surface area (Å²) >= 11 is 0. The topological polar surface area (TPSA) is 134 Å². The SMILES string of the molecule is CN(C)c1cccc2c(S(=O)(=O)Oc3c4cccc3Cc3cccc(c3O)Cc3cccc(c3OS(=O)(=O)c3cccc5c(N(C)C)cccc35)Cc3cccc(c3O)C4)cccc12. The molecule has 0 heterocycles. The molecule has 0 fully saturated rings. The lowest BCUT2D eigenvalue weighted by molar-refractivity contribution is 0.460. The van der Waals surface area contributed by atoms with Crippen LogP contribution in [0.1, 0.15) is 44.5 Å². The van der Waals surface area contributed by atoms with Crippen molar-refractivity contribution in [2.45, 2.75) is 35.5 Å². The van der Waals surface area contributed by atoms with Gasteiger partial charge >= 0.3 is 20.2 Å². The predicted molar refractivity (Wildman–Crippen MR) is 252 cm³/mol. The third kappa shape index (κ3) is 7.84. The lowest BCUT2D eigenvalue weighted by Gasteiger charge is -2.21. The summed E-state index contributed by atoms with van der Waals surface area (Å²) in [4.78, 5) is 3.86. The summed E-state index contributed by atoms with van der Waals surface area (Å²) in [6.07, 6.45) is 0.327. The van der Waals surface area contributed by atoms with Crippen molar-refractivity contribution >= 4 is 53.2 Å². The van der Waals surface area contributed by atoms with Gasteiger partial charge in [-0.15, -0.1) is 0 Å². The molecule has 0 spiro atoms. The molecule has 324 valence electrons. The van der Waals surface area contributed by atoms with Crippen molar-refractivity contribution in [2.75, 3.05) is 38.0 Å². The van der Waals surface area contributed by atoms with Gasteiger partial charge in [-0.25, -0.2) is 0 Å². The van der Waals surface area contributed by atoms with Crippen LogP contribution in [0, 0.1) is 0 Å². The minimum absolute atomic E-state index is 0.00577. The first-order valence-electron chi connectivity index (χ1n) is 20.8. The number of aromatic hydroxyl groups is 2. The molecule has 0 unspecified atom stereocenters. The molecule has 0 aliphatic heterocycles. The number of para-hydroxylation sites is 4. The van der Waals surface area contributed by atoms with Crippen LogP contribution in [0.15, 0.2) is 155 Å². The van der Waals surface area contributed by atoms with E-state index in [1.165, 1.54) is 12.1 Å². The summed E-state index contributed by atoms with van der Waals surface area (Å²) in [6.45, 7) is 0. The van der Waals surface area contributed by atoms with Gasteiger partial charge in [0.05, 0.1) is 0 Å². The number of anilines is 2. The van der Waals surface area contributed by atoms with Crippen LogP contribution < -0.4 is 18.2 Å². The first-order chi connectivity index (χ1) is 30.7. The highest BCUT2D eigenvalue weighted by Crippen LogP contribution is 2.41. The Bertz CT molecular complexity index is 3060. The number of fused-ring (bicyclic) bond motifs is 10. The Morgan fingerprint density at radius 1 is 0.375 bits per heavy atom. The number of phenols is 2. The standard InChI is InChI=1S/C52H46N2O8S2/c1-53(2)45-25-9-23-43-41(45)21-11-27-47(43)63(57,58)61-51-37-17-7-18-38(51)30-34-14-6-16-36(50(34)56)32-40-20-8-19-39(31-35-15-5-13-33(29-37)49(35)55)52(40)62-64(59,60)48-28-12-22-42-44(48)24-10-26-46(42)54(3)4/h5-28,55-56H,29-32H2,1-4H3. The molecule has 8 aromatic carbocycles. The van der Waals surface area contributed by atoms with Crippen molar-refractivity contribution in [2.24, 2.45) is 0 Å². The Balaban J connectivity index is 1.17. The van der Waals surface area contributed by atoms with E-state index in [-0.39, 0.29) is 58.5 Å². The summed E-state index contributed by atoms with van der Waals surface area (Å²) in [7, 11) is -1.31. The molecule has 0 atom stereocenters. The molecule has 10 nitrogen and oxygen atoms in total. The van der Waals surface area contributed by atoms with Gasteiger partial charge in [-0.05, 0) is 46.5 Å². The summed E-state index contributed by atoms with van der Waals surface area (Å²) in [5.74, 6) is 0.127. The summed E-state index contributed by atoms with van der Waals surface area (Å²) < 4.78 is 70.5. The number of phenolic OH excluding ortho intramolecular Hbond substituents is 2. The van der Waals surface area contributed by atoms with Crippen LogP contribution in [0.25, 0.3) is 21.5 Å². The summed E-state index contributed by atoms with van der Waals surface area (Å²) in [5, 5.41) is 26.5. The molecule has 9 rings (SSSR count). The average molecular weight is 891 g/mol. The molecule has 1 aliphatic rings. The zero-order valence-electron chi connectivity index (χ0n) is 35.7. The zero-order valence-corrected chi connectivity index (χ0v) is 37.4. The average Bonchev–Trinajstić information content (AvgIpc) is 3.27. The fourth-order valence-corrected chi connectivity index (χ4v) is 11.2. The third-order valence-corrected chi connectivity index (χ3v) is 14.5. The van der Waals surface area contributed by atoms with Gasteiger partial charge in [0.1, 0.15) is 32.8 Å². The van der Waals surface area contributed by atoms with Crippen molar-refractivity contribution in [1.82, 2.24) is 0 Å². The van der Waals surface area contributed by atoms with Gasteiger partial charge in [-0.1, -0.05) is 121 Å². The van der Waals surface area contributed by atoms with E-state index in [4.69, 9.17) is 8.37 Å². The monoisotopic (exact) mass is 890 g/mol. The highest BCUT2D eigenvalue weighted by Gasteiger charge is 2.28. The minimum atomic E-state index is -4.45. The molecule has 1 aliphatic carbocycles. The van der Waals surface area contributed by atoms with Crippen LogP contribution in [0.3, 0.4) is 0 Å². The smallest absolute Gasteiger partial charge is 0.339 e. The van der Waals surface area contributed by atoms with E-state index >= 15 is 0 Å². The lowest BCUT2D eigenvalue weighted by atomic mass is 9.91. The van der Waals surface area contributed by atoms with Crippen molar-refractivity contribution < 1.29 is 35.4 Å². The molecular formula is C52H46N2O8S2. The zero-order chi connectivity index (χ0) is 44.9. The molecule has 0 amide bonds. The second kappa shape index (κ2) is 16.6. The Morgan fingerprint density at radius 3 is 0.953 bits per heavy atom. The van der Waals surface area contributed by atoms with Crippen LogP contribution >= 0.6 is 0 Å². The van der Waals surface area contributed by atoms with E-state index in [2.05, 4.69) is 0 Å². The van der Waals surface area contributed by atoms with Crippen LogP contribution in [0.2, 0.25) is 0 Å². The molecule has 12 heteroatoms. The van der Waals surface area contributed by atoms with Gasteiger partial charge in [0.15, 0.2) is 0 Å². The number of hydrogen-bond donors (Lipinski definition) is 2. The quantitative estimate of drug-likeness (QED) is 0.142. The van der Waals surface area contributed by atoms with Crippen molar-refractivity contribution in [3.63, 3.8) is 0 Å². The molecule has 2 N–H and O–H groups in total. The van der Waals surface area contributed by atoms with Crippen LogP contribution in [0.5, 0.6) is 23.0 Å². The second-order valence-corrected chi connectivity index (χ2v) is 19.5. The maximum Gasteiger partial charge on any atom is 0.339 e. The molecule has 8 aromatic rings. The fourth-order valence-electron chi connectivity index (χ4n) is 8.78. The van der Waals surface area contributed by atoms with E-state index < -0.39 is 20.2 Å². The van der Waals surface area contributed by atoms with Gasteiger partial charge in [-0.3, -0.25) is 0 Å². The van der Waals surface area contributed by atoms with Gasteiger partial charge in [0.2, 0.25) is 0 Å². The van der Waals surface area contributed by atoms with Crippen molar-refractivity contribution in [3.05, 3.63) is 190 Å². The first-order valence-corrected chi connectivity index (χ1v) is 23.6. The maximum atomic E-state index is 14.5. The maximum absolute atomic E-state index is 14.5. The number of nitrogens with zero attached hydrogens (tertiary/aromatic N) is 2. The van der Waals surface area contributed by atoms with Gasteiger partial charge in [0, 0.05) is 109 Å². The fraction of sp³-hybridized carbons (Fsp3) is 0.154. The van der Waals surface area contributed by atoms with Gasteiger partial charge in [-0.2, -0.15) is 16.8 Å². The molecule has 0 saturated carbocycles. The largest absolute Gasteiger partial charge is 0.507 e. The van der Waals surface area contributed by atoms with Gasteiger partial charge in [0.25, 0.3) is 0 Å². The molecule has 0 aromatic heterocycles. The highest BCUT2D eigenvalue weighted by molar-refractivity contribution is 7.87. The molecular weight excluding hydrogens is 845 g/mol. The molecule has 0 saturated heterocycles. The summed E-state index contributed by atoms with van der Waals surface area (Å²) in [6, 6.07) is 42.5. The van der Waals surface area contributed by atoms with E-state index in [0.717, 1.165) is 22.1 Å². The molecule has 0 radical (unpaired) electrons. The molecule has 8 bridgehead atoms. The van der Waals surface area contributed by atoms with E-state index in [1.807, 2.05) is 86.5 Å². The van der Waals surface area contributed by atoms with Crippen LogP contribution in [-0.4, -0.2) is 55.2 Å². The van der Waals surface area contributed by atoms with E-state index in [0.29, 0.717) is 55.3 Å². The lowest BCUT2D eigenvalue weighted by Crippen LogP contribution is -2.15.